The molecule has 1 aliphatic carbocycles. The zero-order valence-corrected chi connectivity index (χ0v) is 11.1. The molecule has 0 radical (unpaired) electrons. The van der Waals surface area contributed by atoms with Gasteiger partial charge in [-0.3, -0.25) is 4.79 Å². The second-order valence-corrected chi connectivity index (χ2v) is 5.54. The molecule has 1 rings (SSSR count). The van der Waals surface area contributed by atoms with E-state index >= 15 is 0 Å². The normalized spacial score (nSPS) is 29.8. The lowest BCUT2D eigenvalue weighted by molar-refractivity contribution is -0.134. The number of rotatable bonds is 5. The van der Waals surface area contributed by atoms with Crippen molar-refractivity contribution in [1.82, 2.24) is 0 Å². The summed E-state index contributed by atoms with van der Waals surface area (Å²) in [6.45, 7) is 6.82. The van der Waals surface area contributed by atoms with Gasteiger partial charge in [-0.1, -0.05) is 40.0 Å². The van der Waals surface area contributed by atoms with Gasteiger partial charge in [-0.2, -0.15) is 0 Å². The minimum Gasteiger partial charge on any atom is -0.329 e. The molecule has 0 saturated heterocycles. The van der Waals surface area contributed by atoms with Crippen molar-refractivity contribution in [2.75, 3.05) is 6.54 Å². The van der Waals surface area contributed by atoms with E-state index in [4.69, 9.17) is 5.73 Å². The molecular weight excluding hydrogens is 198 g/mol. The molecule has 3 unspecified atom stereocenters. The summed E-state index contributed by atoms with van der Waals surface area (Å²) in [5.41, 5.74) is 5.51. The van der Waals surface area contributed by atoms with Crippen LogP contribution in [0.2, 0.25) is 0 Å². The second kappa shape index (κ2) is 5.81. The monoisotopic (exact) mass is 225 g/mol. The van der Waals surface area contributed by atoms with Gasteiger partial charge in [0.15, 0.2) is 0 Å². The Morgan fingerprint density at radius 1 is 1.31 bits per heavy atom. The Labute approximate surface area is 100.0 Å². The zero-order chi connectivity index (χ0) is 12.2. The van der Waals surface area contributed by atoms with E-state index < -0.39 is 0 Å². The van der Waals surface area contributed by atoms with E-state index in [1.165, 1.54) is 19.3 Å². The summed E-state index contributed by atoms with van der Waals surface area (Å²) in [4.78, 5) is 12.6. The van der Waals surface area contributed by atoms with E-state index in [0.29, 0.717) is 18.2 Å². The molecule has 3 atom stereocenters. The van der Waals surface area contributed by atoms with Gasteiger partial charge in [0.1, 0.15) is 5.78 Å². The fourth-order valence-electron chi connectivity index (χ4n) is 2.91. The van der Waals surface area contributed by atoms with E-state index in [9.17, 15) is 4.79 Å². The van der Waals surface area contributed by atoms with Gasteiger partial charge in [-0.05, 0) is 25.2 Å². The van der Waals surface area contributed by atoms with Crippen LogP contribution in [0.1, 0.15) is 59.3 Å². The maximum atomic E-state index is 12.6. The van der Waals surface area contributed by atoms with Gasteiger partial charge in [0, 0.05) is 17.9 Å². The van der Waals surface area contributed by atoms with Crippen molar-refractivity contribution >= 4 is 5.78 Å². The van der Waals surface area contributed by atoms with Crippen molar-refractivity contribution in [2.24, 2.45) is 23.0 Å². The lowest BCUT2D eigenvalue weighted by atomic mass is 9.68. The van der Waals surface area contributed by atoms with Crippen molar-refractivity contribution in [3.8, 4) is 0 Å². The van der Waals surface area contributed by atoms with E-state index in [1.807, 2.05) is 6.92 Å². The van der Waals surface area contributed by atoms with Crippen LogP contribution < -0.4 is 5.73 Å². The first kappa shape index (κ1) is 13.7. The number of carbonyl (C=O) groups is 1. The molecule has 94 valence electrons. The average Bonchev–Trinajstić information content (AvgIpc) is 2.36. The van der Waals surface area contributed by atoms with Crippen LogP contribution in [-0.2, 0) is 4.79 Å². The topological polar surface area (TPSA) is 43.1 Å². The van der Waals surface area contributed by atoms with E-state index in [-0.39, 0.29) is 11.3 Å². The summed E-state index contributed by atoms with van der Waals surface area (Å²) in [5, 5.41) is 0. The van der Waals surface area contributed by atoms with E-state index in [0.717, 1.165) is 19.3 Å². The van der Waals surface area contributed by atoms with Gasteiger partial charge in [0.2, 0.25) is 0 Å². The summed E-state index contributed by atoms with van der Waals surface area (Å²) < 4.78 is 0. The van der Waals surface area contributed by atoms with Crippen LogP contribution in [0, 0.1) is 17.3 Å². The molecule has 0 spiro atoms. The maximum Gasteiger partial charge on any atom is 0.143 e. The first-order valence-electron chi connectivity index (χ1n) is 6.83. The van der Waals surface area contributed by atoms with Gasteiger partial charge in [-0.15, -0.1) is 0 Å². The summed E-state index contributed by atoms with van der Waals surface area (Å²) in [5.74, 6) is 1.33. The SMILES string of the molecule is CCC1CCCCC1C(=O)C(C)(CC)CN. The summed E-state index contributed by atoms with van der Waals surface area (Å²) >= 11 is 0. The first-order chi connectivity index (χ1) is 7.59. The summed E-state index contributed by atoms with van der Waals surface area (Å²) in [6.07, 6.45) is 6.85. The highest BCUT2D eigenvalue weighted by Crippen LogP contribution is 2.38. The Morgan fingerprint density at radius 2 is 1.94 bits per heavy atom. The van der Waals surface area contributed by atoms with Crippen LogP contribution >= 0.6 is 0 Å². The highest BCUT2D eigenvalue weighted by Gasteiger charge is 2.39. The van der Waals surface area contributed by atoms with Crippen molar-refractivity contribution in [3.63, 3.8) is 0 Å². The molecule has 0 aromatic rings. The molecule has 1 fully saturated rings. The minimum atomic E-state index is -0.282. The fraction of sp³-hybridized carbons (Fsp3) is 0.929. The third-order valence-electron chi connectivity index (χ3n) is 4.60. The van der Waals surface area contributed by atoms with Crippen LogP contribution in [0.4, 0.5) is 0 Å². The average molecular weight is 225 g/mol. The molecule has 1 aliphatic rings. The van der Waals surface area contributed by atoms with Crippen molar-refractivity contribution in [2.45, 2.75) is 59.3 Å². The third-order valence-corrected chi connectivity index (χ3v) is 4.60. The minimum absolute atomic E-state index is 0.282. The summed E-state index contributed by atoms with van der Waals surface area (Å²) in [7, 11) is 0. The highest BCUT2D eigenvalue weighted by molar-refractivity contribution is 5.87. The Hall–Kier alpha value is -0.370. The van der Waals surface area contributed by atoms with Crippen LogP contribution in [0.3, 0.4) is 0 Å². The lowest BCUT2D eigenvalue weighted by Crippen LogP contribution is -2.42. The fourth-order valence-corrected chi connectivity index (χ4v) is 2.91. The molecule has 1 saturated carbocycles. The molecule has 0 aromatic heterocycles. The highest BCUT2D eigenvalue weighted by atomic mass is 16.1. The van der Waals surface area contributed by atoms with Gasteiger partial charge in [0.25, 0.3) is 0 Å². The van der Waals surface area contributed by atoms with E-state index in [2.05, 4.69) is 13.8 Å². The van der Waals surface area contributed by atoms with Crippen LogP contribution in [-0.4, -0.2) is 12.3 Å². The quantitative estimate of drug-likeness (QED) is 0.781. The second-order valence-electron chi connectivity index (χ2n) is 5.54. The summed E-state index contributed by atoms with van der Waals surface area (Å²) in [6, 6.07) is 0. The predicted octanol–water partition coefficient (Wildman–Crippen LogP) is 3.15. The van der Waals surface area contributed by atoms with Crippen LogP contribution in [0.5, 0.6) is 0 Å². The van der Waals surface area contributed by atoms with Gasteiger partial charge in [-0.25, -0.2) is 0 Å². The Morgan fingerprint density at radius 3 is 2.44 bits per heavy atom. The number of hydrogen-bond donors (Lipinski definition) is 1. The number of carbonyl (C=O) groups excluding carboxylic acids is 1. The number of nitrogens with two attached hydrogens (primary N) is 1. The Balaban J connectivity index is 2.77. The van der Waals surface area contributed by atoms with E-state index in [1.54, 1.807) is 0 Å². The Bertz CT molecular complexity index is 233. The maximum absolute atomic E-state index is 12.6. The zero-order valence-electron chi connectivity index (χ0n) is 11.1. The predicted molar refractivity (Wildman–Crippen MR) is 68.2 cm³/mol. The van der Waals surface area contributed by atoms with Crippen molar-refractivity contribution < 1.29 is 4.79 Å². The lowest BCUT2D eigenvalue weighted by Gasteiger charge is -2.36. The first-order valence-corrected chi connectivity index (χ1v) is 6.83. The van der Waals surface area contributed by atoms with Crippen LogP contribution in [0.15, 0.2) is 0 Å². The largest absolute Gasteiger partial charge is 0.329 e. The molecule has 0 heterocycles. The molecule has 2 nitrogen and oxygen atoms in total. The molecule has 0 amide bonds. The van der Waals surface area contributed by atoms with Crippen molar-refractivity contribution in [1.29, 1.82) is 0 Å². The number of hydrogen-bond acceptors (Lipinski definition) is 2. The molecular formula is C14H27NO. The standard InChI is InChI=1S/C14H27NO/c1-4-11-8-6-7-9-12(11)13(16)14(3,5-2)10-15/h11-12H,4-10,15H2,1-3H3. The van der Waals surface area contributed by atoms with Gasteiger partial charge >= 0.3 is 0 Å². The van der Waals surface area contributed by atoms with Crippen molar-refractivity contribution in [3.05, 3.63) is 0 Å². The van der Waals surface area contributed by atoms with Gasteiger partial charge in [0.05, 0.1) is 0 Å². The molecule has 0 aromatic carbocycles. The van der Waals surface area contributed by atoms with Crippen LogP contribution in [0.25, 0.3) is 0 Å². The molecule has 2 heteroatoms. The number of ketones is 1. The molecule has 0 bridgehead atoms. The molecule has 2 N–H and O–H groups in total. The van der Waals surface area contributed by atoms with Gasteiger partial charge < -0.3 is 5.73 Å². The number of Topliss-reactive ketones (excluding diaryl/α,β-unsaturated/α-hetero) is 1. The third kappa shape index (κ3) is 2.65. The smallest absolute Gasteiger partial charge is 0.143 e. The molecule has 0 aliphatic heterocycles. The molecule has 16 heavy (non-hydrogen) atoms. The Kier molecular flexibility index (Phi) is 4.97.